The molecule has 10 heteroatoms. The van der Waals surface area contributed by atoms with E-state index >= 15 is 0 Å². The van der Waals surface area contributed by atoms with Crippen molar-refractivity contribution in [3.05, 3.63) is 52.8 Å². The molecule has 0 unspecified atom stereocenters. The first-order valence-electron chi connectivity index (χ1n) is 11.6. The number of nitrogens with zero attached hydrogens (tertiary/aromatic N) is 1. The number of benzene rings is 2. The number of anilines is 1. The highest BCUT2D eigenvalue weighted by molar-refractivity contribution is 7.92. The van der Waals surface area contributed by atoms with E-state index in [0.717, 1.165) is 18.1 Å². The number of methoxy groups -OCH3 is 1. The summed E-state index contributed by atoms with van der Waals surface area (Å²) in [5, 5.41) is 0. The molecule has 2 fully saturated rings. The average Bonchev–Trinajstić information content (AvgIpc) is 3.47. The highest BCUT2D eigenvalue weighted by atomic mass is 32.2. The van der Waals surface area contributed by atoms with E-state index in [1.165, 1.54) is 26.2 Å². The zero-order valence-corrected chi connectivity index (χ0v) is 20.4. The third-order valence-electron chi connectivity index (χ3n) is 7.14. The molecule has 2 heterocycles. The largest absolute Gasteiger partial charge is 0.492 e. The zero-order chi connectivity index (χ0) is 24.9. The molecule has 2 aromatic rings. The summed E-state index contributed by atoms with van der Waals surface area (Å²) < 4.78 is 54.4. The predicted octanol–water partition coefficient (Wildman–Crippen LogP) is 3.32. The summed E-state index contributed by atoms with van der Waals surface area (Å²) in [5.74, 6) is -0.188. The summed E-state index contributed by atoms with van der Waals surface area (Å²) in [6.07, 6.45) is 1.98. The van der Waals surface area contributed by atoms with Crippen LogP contribution >= 0.6 is 0 Å². The Bertz CT molecular complexity index is 1310. The van der Waals surface area contributed by atoms with Crippen LogP contribution < -0.4 is 9.46 Å². The van der Waals surface area contributed by atoms with Gasteiger partial charge in [-0.1, -0.05) is 6.07 Å². The van der Waals surface area contributed by atoms with Gasteiger partial charge in [0.15, 0.2) is 0 Å². The van der Waals surface area contributed by atoms with E-state index in [-0.39, 0.29) is 28.0 Å². The highest BCUT2D eigenvalue weighted by Gasteiger charge is 2.45. The number of likely N-dealkylation sites (tertiary alicyclic amines) is 1. The van der Waals surface area contributed by atoms with Gasteiger partial charge in [-0.15, -0.1) is 0 Å². The van der Waals surface area contributed by atoms with E-state index in [0.29, 0.717) is 55.7 Å². The van der Waals surface area contributed by atoms with Crippen LogP contribution in [0.4, 0.5) is 10.1 Å². The van der Waals surface area contributed by atoms with Crippen LogP contribution in [0.25, 0.3) is 0 Å². The van der Waals surface area contributed by atoms with Crippen LogP contribution in [0.15, 0.2) is 35.2 Å². The van der Waals surface area contributed by atoms with Gasteiger partial charge in [0.05, 0.1) is 24.3 Å². The Balaban J connectivity index is 1.47. The molecule has 0 aromatic heterocycles. The quantitative estimate of drug-likeness (QED) is 0.608. The fraction of sp³-hybridized carbons (Fsp3) is 0.440. The molecule has 3 atom stereocenters. The number of ether oxygens (including phenoxy) is 2. The Morgan fingerprint density at radius 1 is 1.26 bits per heavy atom. The highest BCUT2D eigenvalue weighted by Crippen LogP contribution is 2.55. The number of amides is 1. The zero-order valence-electron chi connectivity index (χ0n) is 19.5. The Morgan fingerprint density at radius 3 is 2.77 bits per heavy atom. The summed E-state index contributed by atoms with van der Waals surface area (Å²) in [6.45, 7) is 3.05. The van der Waals surface area contributed by atoms with Crippen molar-refractivity contribution < 1.29 is 31.9 Å². The minimum absolute atomic E-state index is 0.0175. The van der Waals surface area contributed by atoms with E-state index in [4.69, 9.17) is 9.47 Å². The number of fused-ring (bicyclic) bond motifs is 3. The predicted molar refractivity (Wildman–Crippen MR) is 125 cm³/mol. The first kappa shape index (κ1) is 23.6. The third kappa shape index (κ3) is 4.47. The summed E-state index contributed by atoms with van der Waals surface area (Å²) in [4.78, 5) is 26.0. The summed E-state index contributed by atoms with van der Waals surface area (Å²) in [7, 11) is -2.96. The van der Waals surface area contributed by atoms with E-state index in [2.05, 4.69) is 4.72 Å². The van der Waals surface area contributed by atoms with Gasteiger partial charge in [0.1, 0.15) is 17.1 Å². The van der Waals surface area contributed by atoms with Gasteiger partial charge in [0, 0.05) is 25.9 Å². The lowest BCUT2D eigenvalue weighted by atomic mass is 9.98. The third-order valence-corrected chi connectivity index (χ3v) is 8.60. The molecule has 2 aromatic carbocycles. The van der Waals surface area contributed by atoms with Crippen LogP contribution in [0.3, 0.4) is 0 Å². The van der Waals surface area contributed by atoms with Gasteiger partial charge in [-0.25, -0.2) is 17.6 Å². The number of hydrogen-bond donors (Lipinski definition) is 1. The molecule has 8 nitrogen and oxygen atoms in total. The second-order valence-corrected chi connectivity index (χ2v) is 11.1. The van der Waals surface area contributed by atoms with Gasteiger partial charge in [0.2, 0.25) is 5.91 Å². The Morgan fingerprint density at radius 2 is 2.06 bits per heavy atom. The van der Waals surface area contributed by atoms with Crippen LogP contribution in [-0.4, -0.2) is 52.0 Å². The summed E-state index contributed by atoms with van der Waals surface area (Å²) >= 11 is 0. The second kappa shape index (κ2) is 8.82. The maximum atomic E-state index is 14.1. The number of rotatable bonds is 6. The molecule has 0 radical (unpaired) electrons. The molecule has 1 aliphatic carbocycles. The number of carbonyl (C=O) groups excluding carboxylic acids is 2. The number of halogens is 1. The van der Waals surface area contributed by atoms with E-state index in [9.17, 15) is 22.4 Å². The molecule has 186 valence electrons. The molecule has 2 aliphatic heterocycles. The maximum Gasteiger partial charge on any atom is 0.343 e. The lowest BCUT2D eigenvalue weighted by molar-refractivity contribution is -0.127. The Kier molecular flexibility index (Phi) is 5.94. The fourth-order valence-electron chi connectivity index (χ4n) is 5.20. The van der Waals surface area contributed by atoms with Crippen molar-refractivity contribution in [3.8, 4) is 5.75 Å². The van der Waals surface area contributed by atoms with Crippen molar-refractivity contribution in [1.29, 1.82) is 0 Å². The maximum absolute atomic E-state index is 14.1. The number of hydrogen-bond acceptors (Lipinski definition) is 6. The SMILES string of the molecule is COC(=O)c1c(NS(=O)(=O)c2ccc(F)cc2C[C@@H]2CCN(C(C)=O)C2)ccc2c1OC[C@@H]1C[C@H]21. The van der Waals surface area contributed by atoms with Crippen molar-refractivity contribution in [2.24, 2.45) is 11.8 Å². The lowest BCUT2D eigenvalue weighted by Gasteiger charge is -2.22. The summed E-state index contributed by atoms with van der Waals surface area (Å²) in [6, 6.07) is 6.88. The molecular weight excluding hydrogens is 475 g/mol. The molecule has 0 spiro atoms. The summed E-state index contributed by atoms with van der Waals surface area (Å²) in [5.41, 5.74) is 1.29. The van der Waals surface area contributed by atoms with Gasteiger partial charge in [0.25, 0.3) is 10.0 Å². The molecule has 1 amide bonds. The van der Waals surface area contributed by atoms with Crippen LogP contribution in [-0.2, 0) is 26.0 Å². The Hall–Kier alpha value is -3.14. The standard InChI is InChI=1S/C25H27FN2O6S/c1-14(29)28-8-7-15(12-28)9-16-10-18(26)3-6-22(16)35(31,32)27-21-5-4-19-20-11-17(20)13-34-24(19)23(21)25(30)33-2/h3-6,10,15,17,20,27H,7-9,11-13H2,1-2H3/t15-,17-,20-/m0/s1. The normalized spacial score (nSPS) is 22.6. The van der Waals surface area contributed by atoms with Crippen molar-refractivity contribution in [1.82, 2.24) is 4.90 Å². The minimum atomic E-state index is -4.19. The minimum Gasteiger partial charge on any atom is -0.492 e. The molecule has 1 saturated carbocycles. The number of sulfonamides is 1. The number of nitrogens with one attached hydrogen (secondary N) is 1. The second-order valence-electron chi connectivity index (χ2n) is 9.49. The van der Waals surface area contributed by atoms with Crippen molar-refractivity contribution >= 4 is 27.6 Å². The fourth-order valence-corrected chi connectivity index (χ4v) is 6.51. The van der Waals surface area contributed by atoms with Gasteiger partial charge >= 0.3 is 5.97 Å². The van der Waals surface area contributed by atoms with Crippen LogP contribution in [0.5, 0.6) is 5.75 Å². The molecule has 1 N–H and O–H groups in total. The molecule has 3 aliphatic rings. The average molecular weight is 503 g/mol. The first-order valence-corrected chi connectivity index (χ1v) is 13.1. The topological polar surface area (TPSA) is 102 Å². The molecule has 1 saturated heterocycles. The lowest BCUT2D eigenvalue weighted by Crippen LogP contribution is -2.26. The molecular formula is C25H27FN2O6S. The van der Waals surface area contributed by atoms with Crippen molar-refractivity contribution in [3.63, 3.8) is 0 Å². The number of esters is 1. The molecule has 5 rings (SSSR count). The van der Waals surface area contributed by atoms with E-state index in [1.807, 2.05) is 0 Å². The molecule has 35 heavy (non-hydrogen) atoms. The molecule has 0 bridgehead atoms. The van der Waals surface area contributed by atoms with Gasteiger partial charge in [-0.3, -0.25) is 9.52 Å². The van der Waals surface area contributed by atoms with E-state index < -0.39 is 21.8 Å². The van der Waals surface area contributed by atoms with Gasteiger partial charge in [-0.05, 0) is 66.5 Å². The van der Waals surface area contributed by atoms with Gasteiger partial charge in [-0.2, -0.15) is 0 Å². The van der Waals surface area contributed by atoms with Crippen molar-refractivity contribution in [2.75, 3.05) is 31.5 Å². The van der Waals surface area contributed by atoms with Crippen LogP contribution in [0.2, 0.25) is 0 Å². The Labute approximate surface area is 203 Å². The first-order chi connectivity index (χ1) is 16.7. The number of carbonyl (C=O) groups is 2. The van der Waals surface area contributed by atoms with E-state index in [1.54, 1.807) is 17.0 Å². The van der Waals surface area contributed by atoms with Crippen molar-refractivity contribution in [2.45, 2.75) is 37.0 Å². The van der Waals surface area contributed by atoms with Gasteiger partial charge < -0.3 is 14.4 Å². The van der Waals surface area contributed by atoms with Crippen LogP contribution in [0.1, 0.15) is 47.2 Å². The monoisotopic (exact) mass is 502 g/mol. The van der Waals surface area contributed by atoms with Crippen LogP contribution in [0, 0.1) is 17.7 Å². The smallest absolute Gasteiger partial charge is 0.343 e.